The molecular formula is C14H26N+. The molecule has 86 valence electrons. The molecule has 1 fully saturated rings. The zero-order valence-corrected chi connectivity index (χ0v) is 11.0. The standard InChI is InChI=1S/C14H26N/c1-14(2)12-7-6-11(13(14)10-12)8-9-15(3,4)5/h6,12-13H,7-10H2,1-5H3/q+1. The SMILES string of the molecule is CC1(C)C2CC=C(CC[N+](C)(C)C)C1C2. The van der Waals surface area contributed by atoms with Crippen LogP contribution in [-0.2, 0) is 0 Å². The molecular weight excluding hydrogens is 182 g/mol. The fourth-order valence-corrected chi connectivity index (χ4v) is 3.22. The lowest BCUT2D eigenvalue weighted by atomic mass is 9.48. The van der Waals surface area contributed by atoms with Crippen molar-refractivity contribution >= 4 is 0 Å². The highest BCUT2D eigenvalue weighted by molar-refractivity contribution is 5.23. The van der Waals surface area contributed by atoms with Gasteiger partial charge < -0.3 is 4.48 Å². The Hall–Kier alpha value is -0.300. The predicted molar refractivity (Wildman–Crippen MR) is 65.6 cm³/mol. The first-order valence-corrected chi connectivity index (χ1v) is 6.30. The molecule has 0 aliphatic heterocycles. The van der Waals surface area contributed by atoms with Crippen LogP contribution in [0, 0.1) is 17.3 Å². The quantitative estimate of drug-likeness (QED) is 0.494. The zero-order valence-electron chi connectivity index (χ0n) is 11.0. The smallest absolute Gasteiger partial charge is 0.0818 e. The number of rotatable bonds is 3. The molecule has 3 aliphatic carbocycles. The van der Waals surface area contributed by atoms with Crippen LogP contribution in [0.2, 0.25) is 0 Å². The van der Waals surface area contributed by atoms with E-state index in [9.17, 15) is 0 Å². The zero-order chi connectivity index (χ0) is 11.3. The molecule has 0 aromatic rings. The van der Waals surface area contributed by atoms with Gasteiger partial charge in [0.05, 0.1) is 27.7 Å². The molecule has 0 heterocycles. The Morgan fingerprint density at radius 3 is 2.47 bits per heavy atom. The number of nitrogens with zero attached hydrogens (tertiary/aromatic N) is 1. The van der Waals surface area contributed by atoms with Crippen molar-refractivity contribution in [2.75, 3.05) is 27.7 Å². The second-order valence-electron chi connectivity index (χ2n) is 7.09. The summed E-state index contributed by atoms with van der Waals surface area (Å²) in [5.74, 6) is 1.89. The highest BCUT2D eigenvalue weighted by Crippen LogP contribution is 2.59. The van der Waals surface area contributed by atoms with Gasteiger partial charge in [-0.2, -0.15) is 0 Å². The number of hydrogen-bond acceptors (Lipinski definition) is 0. The third-order valence-corrected chi connectivity index (χ3v) is 4.65. The van der Waals surface area contributed by atoms with Gasteiger partial charge in [-0.1, -0.05) is 25.5 Å². The molecule has 0 N–H and O–H groups in total. The summed E-state index contributed by atoms with van der Waals surface area (Å²) in [5.41, 5.74) is 2.37. The van der Waals surface area contributed by atoms with Gasteiger partial charge in [0.2, 0.25) is 0 Å². The van der Waals surface area contributed by atoms with Gasteiger partial charge in [0, 0.05) is 6.42 Å². The van der Waals surface area contributed by atoms with Crippen molar-refractivity contribution in [1.82, 2.24) is 0 Å². The average molecular weight is 208 g/mol. The summed E-state index contributed by atoms with van der Waals surface area (Å²) in [6, 6.07) is 0. The fourth-order valence-electron chi connectivity index (χ4n) is 3.22. The highest BCUT2D eigenvalue weighted by Gasteiger charge is 2.50. The van der Waals surface area contributed by atoms with Gasteiger partial charge in [0.1, 0.15) is 0 Å². The molecule has 1 nitrogen and oxygen atoms in total. The molecule has 2 atom stereocenters. The van der Waals surface area contributed by atoms with Crippen LogP contribution in [0.3, 0.4) is 0 Å². The molecule has 3 rings (SSSR count). The van der Waals surface area contributed by atoms with Crippen LogP contribution in [-0.4, -0.2) is 32.2 Å². The maximum Gasteiger partial charge on any atom is 0.0818 e. The first-order chi connectivity index (χ1) is 6.81. The van der Waals surface area contributed by atoms with Crippen LogP contribution >= 0.6 is 0 Å². The Balaban J connectivity index is 1.97. The van der Waals surface area contributed by atoms with Gasteiger partial charge in [-0.3, -0.25) is 0 Å². The Bertz CT molecular complexity index is 280. The van der Waals surface area contributed by atoms with Crippen molar-refractivity contribution in [2.45, 2.75) is 33.1 Å². The Morgan fingerprint density at radius 1 is 1.33 bits per heavy atom. The maximum atomic E-state index is 2.54. The summed E-state index contributed by atoms with van der Waals surface area (Å²) in [6.07, 6.45) is 6.66. The van der Waals surface area contributed by atoms with Crippen LogP contribution in [0.25, 0.3) is 0 Å². The van der Waals surface area contributed by atoms with Crippen molar-refractivity contribution in [1.29, 1.82) is 0 Å². The summed E-state index contributed by atoms with van der Waals surface area (Å²) in [5, 5.41) is 0. The van der Waals surface area contributed by atoms with Crippen molar-refractivity contribution in [3.05, 3.63) is 11.6 Å². The van der Waals surface area contributed by atoms with Crippen LogP contribution in [0.1, 0.15) is 33.1 Å². The lowest BCUT2D eigenvalue weighted by Gasteiger charge is -2.56. The molecule has 0 aromatic heterocycles. The Kier molecular flexibility index (Phi) is 2.50. The van der Waals surface area contributed by atoms with Gasteiger partial charge in [0.25, 0.3) is 0 Å². The second-order valence-corrected chi connectivity index (χ2v) is 7.09. The minimum atomic E-state index is 0.606. The third-order valence-electron chi connectivity index (χ3n) is 4.65. The second kappa shape index (κ2) is 3.35. The van der Waals surface area contributed by atoms with E-state index in [1.807, 2.05) is 0 Å². The van der Waals surface area contributed by atoms with E-state index in [1.54, 1.807) is 5.57 Å². The summed E-state index contributed by atoms with van der Waals surface area (Å²) in [6.45, 7) is 6.21. The van der Waals surface area contributed by atoms with Crippen LogP contribution in [0.4, 0.5) is 0 Å². The molecule has 1 heteroatoms. The molecule has 0 spiro atoms. The first kappa shape index (κ1) is 11.2. The van der Waals surface area contributed by atoms with Crippen LogP contribution in [0.5, 0.6) is 0 Å². The van der Waals surface area contributed by atoms with Crippen LogP contribution < -0.4 is 0 Å². The summed E-state index contributed by atoms with van der Waals surface area (Å²) in [4.78, 5) is 0. The minimum Gasteiger partial charge on any atom is -0.331 e. The monoisotopic (exact) mass is 208 g/mol. The van der Waals surface area contributed by atoms with Crippen molar-refractivity contribution in [3.63, 3.8) is 0 Å². The molecule has 3 aliphatic rings. The van der Waals surface area contributed by atoms with E-state index < -0.39 is 0 Å². The molecule has 0 aromatic carbocycles. The molecule has 1 saturated carbocycles. The molecule has 2 unspecified atom stereocenters. The Labute approximate surface area is 94.8 Å². The number of fused-ring (bicyclic) bond motifs is 1. The molecule has 0 saturated heterocycles. The lowest BCUT2D eigenvalue weighted by Crippen LogP contribution is -2.48. The Morgan fingerprint density at radius 2 is 2.00 bits per heavy atom. The maximum absolute atomic E-state index is 2.54. The van der Waals surface area contributed by atoms with Crippen molar-refractivity contribution < 1.29 is 4.48 Å². The predicted octanol–water partition coefficient (Wildman–Crippen LogP) is 3.08. The van der Waals surface area contributed by atoms with Crippen LogP contribution in [0.15, 0.2) is 11.6 Å². The van der Waals surface area contributed by atoms with Gasteiger partial charge in [-0.25, -0.2) is 0 Å². The first-order valence-electron chi connectivity index (χ1n) is 6.30. The molecule has 0 radical (unpaired) electrons. The summed E-state index contributed by atoms with van der Waals surface area (Å²) < 4.78 is 1.09. The third kappa shape index (κ3) is 1.99. The summed E-state index contributed by atoms with van der Waals surface area (Å²) in [7, 11) is 6.87. The van der Waals surface area contributed by atoms with E-state index in [0.29, 0.717) is 5.41 Å². The lowest BCUT2D eigenvalue weighted by molar-refractivity contribution is -0.870. The topological polar surface area (TPSA) is 0 Å². The number of hydrogen-bond donors (Lipinski definition) is 0. The highest BCUT2D eigenvalue weighted by atomic mass is 15.3. The van der Waals surface area contributed by atoms with Crippen molar-refractivity contribution in [3.8, 4) is 0 Å². The minimum absolute atomic E-state index is 0.606. The van der Waals surface area contributed by atoms with E-state index in [0.717, 1.165) is 16.3 Å². The van der Waals surface area contributed by atoms with E-state index in [2.05, 4.69) is 41.1 Å². The van der Waals surface area contributed by atoms with Gasteiger partial charge >= 0.3 is 0 Å². The fraction of sp³-hybridized carbons (Fsp3) is 0.857. The van der Waals surface area contributed by atoms with Gasteiger partial charge in [-0.15, -0.1) is 0 Å². The van der Waals surface area contributed by atoms with Gasteiger partial charge in [-0.05, 0) is 30.1 Å². The average Bonchev–Trinajstić information content (AvgIpc) is 2.13. The van der Waals surface area contributed by atoms with E-state index in [-0.39, 0.29) is 0 Å². The molecule has 15 heavy (non-hydrogen) atoms. The van der Waals surface area contributed by atoms with E-state index in [1.165, 1.54) is 25.8 Å². The normalized spacial score (nSPS) is 33.3. The summed E-state index contributed by atoms with van der Waals surface area (Å²) >= 11 is 0. The number of quaternary nitrogens is 1. The largest absolute Gasteiger partial charge is 0.331 e. The number of allylic oxidation sites excluding steroid dienone is 1. The van der Waals surface area contributed by atoms with E-state index in [4.69, 9.17) is 0 Å². The van der Waals surface area contributed by atoms with Crippen molar-refractivity contribution in [2.24, 2.45) is 17.3 Å². The van der Waals surface area contributed by atoms with E-state index >= 15 is 0 Å². The molecule has 2 bridgehead atoms. The van der Waals surface area contributed by atoms with Gasteiger partial charge in [0.15, 0.2) is 0 Å². The molecule has 0 amide bonds.